The maximum absolute atomic E-state index is 5.77. The van der Waals surface area contributed by atoms with Gasteiger partial charge in [-0.15, -0.1) is 0 Å². The van der Waals surface area contributed by atoms with Gasteiger partial charge in [0.15, 0.2) is 0 Å². The number of hydrogen-bond acceptors (Lipinski definition) is 2. The topological polar surface area (TPSA) is 38.0 Å². The Hall–Kier alpha value is -1.87. The number of aryl methyl sites for hydroxylation is 1. The van der Waals surface area contributed by atoms with Crippen molar-refractivity contribution in [2.45, 2.75) is 26.7 Å². The van der Waals surface area contributed by atoms with Crippen molar-refractivity contribution in [3.05, 3.63) is 59.2 Å². The standard InChI is InChI=1S/C17H20N2S/c1-11(2)13-5-7-14(8-6-13)19-16-10-12(3)4-9-15(16)17(18)20/h4-11,19H,1-3H3,(H2,18,20). The van der Waals surface area contributed by atoms with Crippen LogP contribution in [0.2, 0.25) is 0 Å². The van der Waals surface area contributed by atoms with Crippen molar-refractivity contribution >= 4 is 28.6 Å². The molecule has 0 amide bonds. The van der Waals surface area contributed by atoms with E-state index in [-0.39, 0.29) is 0 Å². The maximum Gasteiger partial charge on any atom is 0.106 e. The van der Waals surface area contributed by atoms with E-state index in [9.17, 15) is 0 Å². The third kappa shape index (κ3) is 3.36. The van der Waals surface area contributed by atoms with Crippen molar-refractivity contribution < 1.29 is 0 Å². The molecule has 0 saturated heterocycles. The van der Waals surface area contributed by atoms with E-state index < -0.39 is 0 Å². The first-order chi connectivity index (χ1) is 9.47. The Balaban J connectivity index is 2.29. The average Bonchev–Trinajstić information content (AvgIpc) is 2.39. The lowest BCUT2D eigenvalue weighted by molar-refractivity contribution is 0.867. The molecule has 0 aromatic heterocycles. The minimum absolute atomic E-state index is 0.409. The average molecular weight is 284 g/mol. The van der Waals surface area contributed by atoms with Gasteiger partial charge in [0.1, 0.15) is 4.99 Å². The van der Waals surface area contributed by atoms with Crippen molar-refractivity contribution in [3.63, 3.8) is 0 Å². The second kappa shape index (κ2) is 6.06. The number of nitrogens with two attached hydrogens (primary N) is 1. The van der Waals surface area contributed by atoms with E-state index in [0.29, 0.717) is 10.9 Å². The Kier molecular flexibility index (Phi) is 4.40. The molecule has 0 aliphatic rings. The number of hydrogen-bond donors (Lipinski definition) is 2. The molecule has 0 heterocycles. The van der Waals surface area contributed by atoms with Gasteiger partial charge in [0.2, 0.25) is 0 Å². The summed E-state index contributed by atoms with van der Waals surface area (Å²) in [7, 11) is 0. The first-order valence-corrected chi connectivity index (χ1v) is 7.15. The van der Waals surface area contributed by atoms with Crippen molar-refractivity contribution in [3.8, 4) is 0 Å². The number of rotatable bonds is 4. The van der Waals surface area contributed by atoms with Crippen molar-refractivity contribution in [1.82, 2.24) is 0 Å². The largest absolute Gasteiger partial charge is 0.389 e. The van der Waals surface area contributed by atoms with Crippen LogP contribution < -0.4 is 11.1 Å². The van der Waals surface area contributed by atoms with Crippen molar-refractivity contribution in [1.29, 1.82) is 0 Å². The highest BCUT2D eigenvalue weighted by atomic mass is 32.1. The molecule has 2 aromatic rings. The van der Waals surface area contributed by atoms with E-state index in [2.05, 4.69) is 56.4 Å². The summed E-state index contributed by atoms with van der Waals surface area (Å²) in [5.74, 6) is 0.537. The summed E-state index contributed by atoms with van der Waals surface area (Å²) in [6.07, 6.45) is 0. The highest BCUT2D eigenvalue weighted by Gasteiger charge is 2.06. The number of nitrogens with one attached hydrogen (secondary N) is 1. The maximum atomic E-state index is 5.77. The molecular weight excluding hydrogens is 264 g/mol. The van der Waals surface area contributed by atoms with Gasteiger partial charge in [-0.25, -0.2) is 0 Å². The van der Waals surface area contributed by atoms with Crippen LogP contribution in [0.15, 0.2) is 42.5 Å². The van der Waals surface area contributed by atoms with Gasteiger partial charge in [-0.3, -0.25) is 0 Å². The zero-order valence-corrected chi connectivity index (χ0v) is 12.9. The molecule has 2 aromatic carbocycles. The van der Waals surface area contributed by atoms with Crippen LogP contribution in [0.3, 0.4) is 0 Å². The predicted molar refractivity (Wildman–Crippen MR) is 90.9 cm³/mol. The highest BCUT2D eigenvalue weighted by Crippen LogP contribution is 2.24. The Bertz CT molecular complexity index is 615. The van der Waals surface area contributed by atoms with Crippen molar-refractivity contribution in [2.75, 3.05) is 5.32 Å². The zero-order valence-electron chi connectivity index (χ0n) is 12.1. The lowest BCUT2D eigenvalue weighted by atomic mass is 10.0. The van der Waals surface area contributed by atoms with E-state index in [1.807, 2.05) is 12.1 Å². The molecule has 0 fully saturated rings. The second-order valence-corrected chi connectivity index (χ2v) is 5.75. The Labute approximate surface area is 126 Å². The minimum Gasteiger partial charge on any atom is -0.389 e. The first kappa shape index (κ1) is 14.5. The lowest BCUT2D eigenvalue weighted by Crippen LogP contribution is -2.12. The Morgan fingerprint density at radius 3 is 2.30 bits per heavy atom. The molecule has 3 heteroatoms. The van der Waals surface area contributed by atoms with Gasteiger partial charge in [0.25, 0.3) is 0 Å². The molecular formula is C17H20N2S. The molecule has 0 unspecified atom stereocenters. The van der Waals surface area contributed by atoms with Gasteiger partial charge >= 0.3 is 0 Å². The summed E-state index contributed by atoms with van der Waals surface area (Å²) >= 11 is 5.10. The number of thiocarbonyl (C=S) groups is 1. The number of anilines is 2. The minimum atomic E-state index is 0.409. The quantitative estimate of drug-likeness (QED) is 0.812. The van der Waals surface area contributed by atoms with E-state index in [1.165, 1.54) is 11.1 Å². The van der Waals surface area contributed by atoms with Gasteiger partial charge < -0.3 is 11.1 Å². The van der Waals surface area contributed by atoms with Gasteiger partial charge in [-0.05, 0) is 48.2 Å². The SMILES string of the molecule is Cc1ccc(C(N)=S)c(Nc2ccc(C(C)C)cc2)c1. The fourth-order valence-electron chi connectivity index (χ4n) is 2.08. The zero-order chi connectivity index (χ0) is 14.7. The molecule has 0 aliphatic heterocycles. The van der Waals surface area contributed by atoms with Crippen LogP contribution in [0, 0.1) is 6.92 Å². The number of benzene rings is 2. The Morgan fingerprint density at radius 1 is 1.10 bits per heavy atom. The van der Waals surface area contributed by atoms with Crippen LogP contribution in [0.5, 0.6) is 0 Å². The molecule has 20 heavy (non-hydrogen) atoms. The second-order valence-electron chi connectivity index (χ2n) is 5.31. The summed E-state index contributed by atoms with van der Waals surface area (Å²) in [6, 6.07) is 14.5. The van der Waals surface area contributed by atoms with Gasteiger partial charge in [0, 0.05) is 16.9 Å². The normalized spacial score (nSPS) is 10.6. The van der Waals surface area contributed by atoms with Crippen LogP contribution >= 0.6 is 12.2 Å². The van der Waals surface area contributed by atoms with Gasteiger partial charge in [0.05, 0.1) is 0 Å². The summed E-state index contributed by atoms with van der Waals surface area (Å²) in [4.78, 5) is 0.409. The third-order valence-electron chi connectivity index (χ3n) is 3.30. The Morgan fingerprint density at radius 2 is 1.75 bits per heavy atom. The predicted octanol–water partition coefficient (Wildman–Crippen LogP) is 4.50. The molecule has 0 atom stereocenters. The first-order valence-electron chi connectivity index (χ1n) is 6.75. The molecule has 2 rings (SSSR count). The summed E-state index contributed by atoms with van der Waals surface area (Å²) < 4.78 is 0. The summed E-state index contributed by atoms with van der Waals surface area (Å²) in [5, 5.41) is 3.39. The van der Waals surface area contributed by atoms with E-state index in [0.717, 1.165) is 16.9 Å². The highest BCUT2D eigenvalue weighted by molar-refractivity contribution is 7.80. The summed E-state index contributed by atoms with van der Waals surface area (Å²) in [5.41, 5.74) is 11.1. The molecule has 0 aliphatic carbocycles. The fourth-order valence-corrected chi connectivity index (χ4v) is 2.26. The van der Waals surface area contributed by atoms with E-state index in [4.69, 9.17) is 18.0 Å². The molecule has 0 radical (unpaired) electrons. The molecule has 104 valence electrons. The molecule has 0 saturated carbocycles. The van der Waals surface area contributed by atoms with E-state index >= 15 is 0 Å². The van der Waals surface area contributed by atoms with Gasteiger partial charge in [-0.2, -0.15) is 0 Å². The van der Waals surface area contributed by atoms with Gasteiger partial charge in [-0.1, -0.05) is 44.3 Å². The third-order valence-corrected chi connectivity index (χ3v) is 3.52. The van der Waals surface area contributed by atoms with E-state index in [1.54, 1.807) is 0 Å². The van der Waals surface area contributed by atoms with Crippen LogP contribution in [0.25, 0.3) is 0 Å². The molecule has 3 N–H and O–H groups in total. The lowest BCUT2D eigenvalue weighted by Gasteiger charge is -2.13. The van der Waals surface area contributed by atoms with Crippen molar-refractivity contribution in [2.24, 2.45) is 5.73 Å². The molecule has 0 spiro atoms. The molecule has 2 nitrogen and oxygen atoms in total. The smallest absolute Gasteiger partial charge is 0.106 e. The van der Waals surface area contributed by atoms with Crippen LogP contribution in [0.4, 0.5) is 11.4 Å². The van der Waals surface area contributed by atoms with Crippen LogP contribution in [-0.2, 0) is 0 Å². The fraction of sp³-hybridized carbons (Fsp3) is 0.235. The summed E-state index contributed by atoms with van der Waals surface area (Å²) in [6.45, 7) is 6.43. The monoisotopic (exact) mass is 284 g/mol. The van der Waals surface area contributed by atoms with Crippen LogP contribution in [0.1, 0.15) is 36.5 Å². The molecule has 0 bridgehead atoms. The van der Waals surface area contributed by atoms with Crippen LogP contribution in [-0.4, -0.2) is 4.99 Å².